The second-order valence-electron chi connectivity index (χ2n) is 28.2. The summed E-state index contributed by atoms with van der Waals surface area (Å²) in [5.41, 5.74) is 31.0. The second kappa shape index (κ2) is 30.4. The summed E-state index contributed by atoms with van der Waals surface area (Å²) in [5.74, 6) is 1.94. The molecule has 0 amide bonds. The molecule has 1 spiro atoms. The SMILES string of the molecule is C=N/C(=N\C(=N/Cc1ccc2c(c1)C1(c3ccccc3-2)c2ccccc2-c2ccc(C(/N=C(\N=C)c3cc(-c4ccccc4)cc(-c4ccccc4)c3)=N/Cc3cc(-c4ccccc4)cc(-c4ccccc4)c3)cc21)c1cc(-c2ccccc2)cc(-c2ccccc2)c1)c1cc(-c2ccccc2)cc(-c2ccccc2)c1. The third-order valence-corrected chi connectivity index (χ3v) is 21.4. The van der Waals surface area contributed by atoms with Crippen molar-refractivity contribution >= 4 is 36.8 Å². The van der Waals surface area contributed by atoms with E-state index in [1.54, 1.807) is 0 Å². The van der Waals surface area contributed by atoms with Crippen molar-refractivity contribution in [1.29, 1.82) is 0 Å². The summed E-state index contributed by atoms with van der Waals surface area (Å²) in [7, 11) is 0. The Kier molecular flexibility index (Phi) is 18.7. The van der Waals surface area contributed by atoms with E-state index < -0.39 is 5.41 Å². The van der Waals surface area contributed by atoms with Crippen LogP contribution in [0.25, 0.3) is 111 Å². The number of amidine groups is 4. The van der Waals surface area contributed by atoms with Gasteiger partial charge in [-0.3, -0.25) is 9.98 Å². The zero-order valence-electron chi connectivity index (χ0n) is 61.1. The smallest absolute Gasteiger partial charge is 0.161 e. The lowest BCUT2D eigenvalue weighted by Gasteiger charge is -2.31. The molecular formula is C105H74N6. The summed E-state index contributed by atoms with van der Waals surface area (Å²) in [4.78, 5) is 32.3. The lowest BCUT2D eigenvalue weighted by Crippen LogP contribution is -2.26. The van der Waals surface area contributed by atoms with Crippen molar-refractivity contribution in [2.75, 3.05) is 0 Å². The number of fused-ring (bicyclic) bond motifs is 10. The van der Waals surface area contributed by atoms with Crippen LogP contribution in [0.1, 0.15) is 55.6 Å². The van der Waals surface area contributed by atoms with E-state index in [9.17, 15) is 0 Å². The molecule has 1 atom stereocenters. The van der Waals surface area contributed by atoms with Crippen LogP contribution in [0.15, 0.2) is 430 Å². The summed E-state index contributed by atoms with van der Waals surface area (Å²) in [6.45, 7) is 9.12. The van der Waals surface area contributed by atoms with Gasteiger partial charge in [-0.1, -0.05) is 322 Å². The van der Waals surface area contributed by atoms with Crippen molar-refractivity contribution in [2.24, 2.45) is 30.0 Å². The number of hydrogen-bond acceptors (Lipinski definition) is 2. The first-order valence-corrected chi connectivity index (χ1v) is 37.6. The maximum Gasteiger partial charge on any atom is 0.161 e. The second-order valence-corrected chi connectivity index (χ2v) is 28.2. The van der Waals surface area contributed by atoms with Gasteiger partial charge in [0.05, 0.1) is 18.5 Å². The number of nitrogens with zero attached hydrogens (tertiary/aromatic N) is 6. The molecule has 2 aliphatic carbocycles. The van der Waals surface area contributed by atoms with E-state index in [2.05, 4.69) is 390 Å². The minimum Gasteiger partial charge on any atom is -0.261 e. The maximum atomic E-state index is 5.72. The average Bonchev–Trinajstić information content (AvgIpc) is 1.51. The van der Waals surface area contributed by atoms with Crippen LogP contribution >= 0.6 is 0 Å². The molecule has 6 nitrogen and oxygen atoms in total. The molecule has 0 bridgehead atoms. The lowest BCUT2D eigenvalue weighted by molar-refractivity contribution is 0.790. The van der Waals surface area contributed by atoms with Gasteiger partial charge in [0.25, 0.3) is 0 Å². The Morgan fingerprint density at radius 3 is 0.793 bits per heavy atom. The monoisotopic (exact) mass is 1420 g/mol. The first-order valence-electron chi connectivity index (χ1n) is 37.6. The molecule has 0 aliphatic heterocycles. The van der Waals surface area contributed by atoms with Crippen LogP contribution in [-0.2, 0) is 18.5 Å². The van der Waals surface area contributed by atoms with Crippen LogP contribution in [0.4, 0.5) is 0 Å². The van der Waals surface area contributed by atoms with E-state index in [1.807, 2.05) is 24.3 Å². The topological polar surface area (TPSA) is 74.2 Å². The van der Waals surface area contributed by atoms with E-state index in [4.69, 9.17) is 30.0 Å². The van der Waals surface area contributed by atoms with Gasteiger partial charge in [0.2, 0.25) is 0 Å². The fourth-order valence-corrected chi connectivity index (χ4v) is 16.2. The Morgan fingerprint density at radius 2 is 0.459 bits per heavy atom. The third-order valence-electron chi connectivity index (χ3n) is 21.4. The van der Waals surface area contributed by atoms with Gasteiger partial charge >= 0.3 is 0 Å². The molecule has 0 radical (unpaired) electrons. The summed E-state index contributed by atoms with van der Waals surface area (Å²) in [5, 5.41) is 0. The highest BCUT2D eigenvalue weighted by Crippen LogP contribution is 2.63. The van der Waals surface area contributed by atoms with E-state index in [0.29, 0.717) is 29.9 Å². The summed E-state index contributed by atoms with van der Waals surface area (Å²) >= 11 is 0. The predicted molar refractivity (Wildman–Crippen MR) is 465 cm³/mol. The third kappa shape index (κ3) is 13.6. The Labute approximate surface area is 648 Å². The normalized spacial score (nSPS) is 13.6. The highest BCUT2D eigenvalue weighted by molar-refractivity contribution is 6.15. The van der Waals surface area contributed by atoms with Crippen LogP contribution in [0.3, 0.4) is 0 Å². The van der Waals surface area contributed by atoms with Crippen molar-refractivity contribution in [3.63, 3.8) is 0 Å². The molecule has 0 saturated carbocycles. The van der Waals surface area contributed by atoms with Crippen LogP contribution in [-0.4, -0.2) is 36.8 Å². The zero-order chi connectivity index (χ0) is 74.5. The van der Waals surface area contributed by atoms with Crippen molar-refractivity contribution in [2.45, 2.75) is 18.5 Å². The van der Waals surface area contributed by atoms with E-state index in [0.717, 1.165) is 145 Å². The summed E-state index contributed by atoms with van der Waals surface area (Å²) in [6.07, 6.45) is 0. The molecule has 111 heavy (non-hydrogen) atoms. The first-order chi connectivity index (χ1) is 54.9. The fourth-order valence-electron chi connectivity index (χ4n) is 16.2. The van der Waals surface area contributed by atoms with Gasteiger partial charge in [-0.25, -0.2) is 20.0 Å². The highest BCUT2D eigenvalue weighted by atomic mass is 15.0. The van der Waals surface area contributed by atoms with Crippen molar-refractivity contribution in [1.82, 2.24) is 0 Å². The quantitative estimate of drug-likeness (QED) is 0.0683. The number of hydrogen-bond donors (Lipinski definition) is 0. The Morgan fingerprint density at radius 1 is 0.198 bits per heavy atom. The molecule has 0 N–H and O–H groups in total. The number of rotatable bonds is 16. The molecule has 1 unspecified atom stereocenters. The summed E-state index contributed by atoms with van der Waals surface area (Å²) in [6, 6.07) is 142. The van der Waals surface area contributed by atoms with Crippen molar-refractivity contribution in [3.05, 3.63) is 456 Å². The fraction of sp³-hybridized carbons (Fsp3) is 0.0286. The first kappa shape index (κ1) is 68.4. The van der Waals surface area contributed by atoms with Gasteiger partial charge in [0.15, 0.2) is 23.3 Å². The van der Waals surface area contributed by atoms with Gasteiger partial charge in [0.1, 0.15) is 0 Å². The minimum atomic E-state index is -0.791. The Balaban J connectivity index is 0.818. The van der Waals surface area contributed by atoms with Crippen LogP contribution < -0.4 is 0 Å². The van der Waals surface area contributed by atoms with Crippen LogP contribution in [0.5, 0.6) is 0 Å². The van der Waals surface area contributed by atoms with Gasteiger partial charge < -0.3 is 0 Å². The molecule has 16 aromatic rings. The molecule has 2 aliphatic rings. The molecule has 0 aromatic heterocycles. The van der Waals surface area contributed by atoms with E-state index in [1.165, 1.54) is 22.3 Å². The zero-order valence-corrected chi connectivity index (χ0v) is 61.1. The average molecular weight is 1420 g/mol. The molecule has 18 rings (SSSR count). The number of benzene rings is 16. The molecular weight excluding hydrogens is 1350 g/mol. The molecule has 524 valence electrons. The van der Waals surface area contributed by atoms with Crippen molar-refractivity contribution in [3.8, 4) is 111 Å². The van der Waals surface area contributed by atoms with Crippen molar-refractivity contribution < 1.29 is 0 Å². The van der Waals surface area contributed by atoms with E-state index >= 15 is 0 Å². The number of aliphatic imine (C=N–C) groups is 6. The standard InChI is InChI=1S/C105H74N6/c1-106-101(90-62-84(75-35-15-5-16-36-75)59-85(63-90)76-37-17-6-18-38-76)110-103(109-70-72-55-82(73-31-11-3-12-32-73)58-83(56-72)74-33-13-4-14-34-74)81-52-54-96-94-48-28-30-50-98(94)105(100(96)68-81)97-49-29-27-47-93(97)95-53-51-71(57-99(95)105)69-108-104(92-66-88(79-43-23-9-24-44-79)61-89(67-92)80-45-25-10-26-46-80)111-102(107-2)91-64-86(77-39-19-7-20-40-77)60-87(65-91)78-41-21-8-22-42-78/h3-68H,1-2,69-70H2/b108-104-,109-103-,110-101-,111-102-. The lowest BCUT2D eigenvalue weighted by atomic mass is 9.70. The minimum absolute atomic E-state index is 0.283. The van der Waals surface area contributed by atoms with Gasteiger partial charge in [-0.05, 0) is 237 Å². The Hall–Kier alpha value is -14.5. The molecule has 16 aromatic carbocycles. The molecule has 6 heteroatoms. The molecule has 0 saturated heterocycles. The molecule has 0 fully saturated rings. The highest BCUT2D eigenvalue weighted by Gasteiger charge is 2.52. The predicted octanol–water partition coefficient (Wildman–Crippen LogP) is 25.6. The largest absolute Gasteiger partial charge is 0.261 e. The van der Waals surface area contributed by atoms with Crippen LogP contribution in [0, 0.1) is 0 Å². The van der Waals surface area contributed by atoms with Gasteiger partial charge in [0, 0.05) is 22.3 Å². The Bertz CT molecular complexity index is 6070. The van der Waals surface area contributed by atoms with Gasteiger partial charge in [-0.2, -0.15) is 0 Å². The molecule has 0 heterocycles. The maximum absolute atomic E-state index is 5.72. The van der Waals surface area contributed by atoms with E-state index in [-0.39, 0.29) is 6.54 Å². The van der Waals surface area contributed by atoms with Gasteiger partial charge in [-0.15, -0.1) is 0 Å². The summed E-state index contributed by atoms with van der Waals surface area (Å²) < 4.78 is 0. The van der Waals surface area contributed by atoms with Crippen LogP contribution in [0.2, 0.25) is 0 Å².